The third kappa shape index (κ3) is 4.63. The van der Waals surface area contributed by atoms with Gasteiger partial charge in [0, 0.05) is 22.4 Å². The fraction of sp³-hybridized carbons (Fsp3) is 0.188. The van der Waals surface area contributed by atoms with Crippen LogP contribution in [0.2, 0.25) is 0 Å². The Bertz CT molecular complexity index is 601. The van der Waals surface area contributed by atoms with Gasteiger partial charge in [-0.3, -0.25) is 4.79 Å². The first-order valence-electron chi connectivity index (χ1n) is 6.40. The number of aryl methyl sites for hydroxylation is 1. The highest BCUT2D eigenvalue weighted by Crippen LogP contribution is 2.16. The van der Waals surface area contributed by atoms with E-state index in [4.69, 9.17) is 0 Å². The van der Waals surface area contributed by atoms with Crippen LogP contribution in [0, 0.1) is 12.7 Å². The fourth-order valence-electron chi connectivity index (χ4n) is 1.74. The van der Waals surface area contributed by atoms with E-state index < -0.39 is 0 Å². The molecule has 2 rings (SSSR count). The van der Waals surface area contributed by atoms with Gasteiger partial charge < -0.3 is 5.32 Å². The summed E-state index contributed by atoms with van der Waals surface area (Å²) >= 11 is 1.65. The van der Waals surface area contributed by atoms with Crippen LogP contribution < -0.4 is 5.32 Å². The van der Waals surface area contributed by atoms with Crippen molar-refractivity contribution in [1.82, 2.24) is 5.32 Å². The number of hydrogen-bond donors (Lipinski definition) is 1. The number of benzene rings is 1. The highest BCUT2D eigenvalue weighted by atomic mass is 32.1. The second-order valence-corrected chi connectivity index (χ2v) is 5.77. The Morgan fingerprint density at radius 3 is 2.65 bits per heavy atom. The van der Waals surface area contributed by atoms with E-state index in [2.05, 4.69) is 5.32 Å². The van der Waals surface area contributed by atoms with Crippen LogP contribution in [-0.4, -0.2) is 12.5 Å². The number of nitrogens with one attached hydrogen (secondary N) is 1. The topological polar surface area (TPSA) is 29.1 Å². The lowest BCUT2D eigenvalue weighted by Gasteiger charge is -2.02. The SMILES string of the molecule is Cc1ccc(/C=C/C(=O)NCCc2ccc(F)cc2)s1. The molecule has 2 nitrogen and oxygen atoms in total. The van der Waals surface area contributed by atoms with E-state index in [0.717, 1.165) is 10.4 Å². The van der Waals surface area contributed by atoms with Gasteiger partial charge in [-0.25, -0.2) is 4.39 Å². The monoisotopic (exact) mass is 289 g/mol. The minimum absolute atomic E-state index is 0.113. The molecular formula is C16H16FNOS. The summed E-state index contributed by atoms with van der Waals surface area (Å²) in [6, 6.07) is 10.3. The molecule has 1 N–H and O–H groups in total. The van der Waals surface area contributed by atoms with E-state index in [0.29, 0.717) is 13.0 Å². The summed E-state index contributed by atoms with van der Waals surface area (Å²) < 4.78 is 12.7. The zero-order chi connectivity index (χ0) is 14.4. The van der Waals surface area contributed by atoms with Gasteiger partial charge in [0.05, 0.1) is 0 Å². The number of rotatable bonds is 5. The summed E-state index contributed by atoms with van der Waals surface area (Å²) in [6.45, 7) is 2.57. The lowest BCUT2D eigenvalue weighted by Crippen LogP contribution is -2.23. The third-order valence-corrected chi connectivity index (χ3v) is 3.75. The van der Waals surface area contributed by atoms with Gasteiger partial charge in [0.15, 0.2) is 0 Å². The number of carbonyl (C=O) groups is 1. The van der Waals surface area contributed by atoms with Crippen molar-refractivity contribution in [2.24, 2.45) is 0 Å². The molecule has 1 aromatic carbocycles. The molecule has 104 valence electrons. The van der Waals surface area contributed by atoms with Gasteiger partial charge in [-0.05, 0) is 49.2 Å². The molecule has 0 atom stereocenters. The molecule has 0 aliphatic heterocycles. The smallest absolute Gasteiger partial charge is 0.244 e. The van der Waals surface area contributed by atoms with E-state index in [1.54, 1.807) is 23.5 Å². The Balaban J connectivity index is 1.75. The van der Waals surface area contributed by atoms with Crippen molar-refractivity contribution < 1.29 is 9.18 Å². The summed E-state index contributed by atoms with van der Waals surface area (Å²) in [5.74, 6) is -0.356. The van der Waals surface area contributed by atoms with Crippen LogP contribution in [0.15, 0.2) is 42.5 Å². The Hall–Kier alpha value is -1.94. The van der Waals surface area contributed by atoms with E-state index in [-0.39, 0.29) is 11.7 Å². The molecule has 0 radical (unpaired) electrons. The molecule has 1 amide bonds. The maximum Gasteiger partial charge on any atom is 0.244 e. The molecule has 1 heterocycles. The standard InChI is InChI=1S/C16H16FNOS/c1-12-2-7-15(20-12)8-9-16(19)18-11-10-13-3-5-14(17)6-4-13/h2-9H,10-11H2,1H3,(H,18,19)/b9-8+. The third-order valence-electron chi connectivity index (χ3n) is 2.79. The molecule has 0 aliphatic carbocycles. The van der Waals surface area contributed by atoms with Crippen molar-refractivity contribution in [3.05, 3.63) is 63.6 Å². The summed E-state index contributed by atoms with van der Waals surface area (Å²) in [6.07, 6.45) is 4.04. The molecule has 0 unspecified atom stereocenters. The van der Waals surface area contributed by atoms with E-state index >= 15 is 0 Å². The van der Waals surface area contributed by atoms with Gasteiger partial charge in [-0.15, -0.1) is 11.3 Å². The number of carbonyl (C=O) groups excluding carboxylic acids is 1. The zero-order valence-electron chi connectivity index (χ0n) is 11.2. The molecule has 1 aromatic heterocycles. The number of halogens is 1. The summed E-state index contributed by atoms with van der Waals surface area (Å²) in [5, 5.41) is 2.81. The van der Waals surface area contributed by atoms with Crippen LogP contribution in [0.25, 0.3) is 6.08 Å². The molecule has 20 heavy (non-hydrogen) atoms. The van der Waals surface area contributed by atoms with Gasteiger partial charge in [-0.2, -0.15) is 0 Å². The summed E-state index contributed by atoms with van der Waals surface area (Å²) in [5.41, 5.74) is 1.00. The van der Waals surface area contributed by atoms with Crippen LogP contribution in [-0.2, 0) is 11.2 Å². The predicted octanol–water partition coefficient (Wildman–Crippen LogP) is 3.57. The zero-order valence-corrected chi connectivity index (χ0v) is 12.0. The molecular weight excluding hydrogens is 273 g/mol. The van der Waals surface area contributed by atoms with Crippen LogP contribution in [0.3, 0.4) is 0 Å². The second kappa shape index (κ2) is 7.01. The van der Waals surface area contributed by atoms with Crippen molar-refractivity contribution in [2.75, 3.05) is 6.54 Å². The normalized spacial score (nSPS) is 10.9. The molecule has 0 fully saturated rings. The van der Waals surface area contributed by atoms with Crippen molar-refractivity contribution in [3.63, 3.8) is 0 Å². The molecule has 0 saturated carbocycles. The lowest BCUT2D eigenvalue weighted by atomic mass is 10.1. The minimum Gasteiger partial charge on any atom is -0.352 e. The highest BCUT2D eigenvalue weighted by molar-refractivity contribution is 7.12. The van der Waals surface area contributed by atoms with Crippen LogP contribution >= 0.6 is 11.3 Å². The average molecular weight is 289 g/mol. The summed E-state index contributed by atoms with van der Waals surface area (Å²) in [7, 11) is 0. The van der Waals surface area contributed by atoms with Crippen molar-refractivity contribution in [3.8, 4) is 0 Å². The highest BCUT2D eigenvalue weighted by Gasteiger charge is 1.98. The average Bonchev–Trinajstić information content (AvgIpc) is 2.85. The van der Waals surface area contributed by atoms with Gasteiger partial charge in [0.1, 0.15) is 5.82 Å². The fourth-order valence-corrected chi connectivity index (χ4v) is 2.52. The number of thiophene rings is 1. The number of amides is 1. The largest absolute Gasteiger partial charge is 0.352 e. The Morgan fingerprint density at radius 2 is 2.00 bits per heavy atom. The van der Waals surface area contributed by atoms with Crippen LogP contribution in [0.1, 0.15) is 15.3 Å². The quantitative estimate of drug-likeness (QED) is 0.838. The molecule has 0 saturated heterocycles. The molecule has 4 heteroatoms. The maximum atomic E-state index is 12.7. The molecule has 0 aliphatic rings. The van der Waals surface area contributed by atoms with Crippen molar-refractivity contribution in [2.45, 2.75) is 13.3 Å². The van der Waals surface area contributed by atoms with Gasteiger partial charge in [0.2, 0.25) is 5.91 Å². The van der Waals surface area contributed by atoms with Crippen LogP contribution in [0.5, 0.6) is 0 Å². The first kappa shape index (κ1) is 14.5. The van der Waals surface area contributed by atoms with Gasteiger partial charge >= 0.3 is 0 Å². The Labute approximate surface area is 122 Å². The van der Waals surface area contributed by atoms with E-state index in [9.17, 15) is 9.18 Å². The minimum atomic E-state index is -0.244. The van der Waals surface area contributed by atoms with Gasteiger partial charge in [0.25, 0.3) is 0 Å². The molecule has 0 spiro atoms. The predicted molar refractivity (Wildman–Crippen MR) is 81.2 cm³/mol. The second-order valence-electron chi connectivity index (χ2n) is 4.45. The first-order valence-corrected chi connectivity index (χ1v) is 7.22. The molecule has 0 bridgehead atoms. The lowest BCUT2D eigenvalue weighted by molar-refractivity contribution is -0.116. The maximum absolute atomic E-state index is 12.7. The van der Waals surface area contributed by atoms with Crippen LogP contribution in [0.4, 0.5) is 4.39 Å². The summed E-state index contributed by atoms with van der Waals surface area (Å²) in [4.78, 5) is 13.9. The first-order chi connectivity index (χ1) is 9.63. The van der Waals surface area contributed by atoms with Crippen molar-refractivity contribution in [1.29, 1.82) is 0 Å². The van der Waals surface area contributed by atoms with E-state index in [1.165, 1.54) is 23.1 Å². The van der Waals surface area contributed by atoms with Crippen molar-refractivity contribution >= 4 is 23.3 Å². The molecule has 2 aromatic rings. The van der Waals surface area contributed by atoms with E-state index in [1.807, 2.05) is 25.1 Å². The number of hydrogen-bond acceptors (Lipinski definition) is 2. The Morgan fingerprint density at radius 1 is 1.25 bits per heavy atom. The Kier molecular flexibility index (Phi) is 5.07. The van der Waals surface area contributed by atoms with Gasteiger partial charge in [-0.1, -0.05) is 12.1 Å².